The Hall–Kier alpha value is -3.42. The number of nitrogens with one attached hydrogen (secondary N) is 1. The molecule has 1 heterocycles. The van der Waals surface area contributed by atoms with Crippen LogP contribution in [0.15, 0.2) is 47.1 Å². The molecule has 1 atom stereocenters. The van der Waals surface area contributed by atoms with Crippen molar-refractivity contribution in [2.24, 2.45) is 0 Å². The lowest BCUT2D eigenvalue weighted by Crippen LogP contribution is -2.30. The average Bonchev–Trinajstić information content (AvgIpc) is 3.13. The Morgan fingerprint density at radius 2 is 2.00 bits per heavy atom. The molecule has 0 radical (unpaired) electrons. The second kappa shape index (κ2) is 8.51. The van der Waals surface area contributed by atoms with Crippen molar-refractivity contribution >= 4 is 11.7 Å². The van der Waals surface area contributed by atoms with Crippen LogP contribution in [0.2, 0.25) is 0 Å². The summed E-state index contributed by atoms with van der Waals surface area (Å²) in [5.41, 5.74) is 1.99. The first-order valence-corrected chi connectivity index (χ1v) is 8.78. The topological polar surface area (TPSA) is 86.5 Å². The van der Waals surface area contributed by atoms with Gasteiger partial charge in [-0.3, -0.25) is 4.79 Å². The Morgan fingerprint density at radius 3 is 2.71 bits per heavy atom. The normalized spacial score (nSPS) is 11.7. The van der Waals surface area contributed by atoms with E-state index in [1.807, 2.05) is 26.0 Å². The Labute approximate surface area is 161 Å². The minimum Gasteiger partial charge on any atom is -0.494 e. The number of carbonyl (C=O) groups excluding carboxylic acids is 1. The lowest BCUT2D eigenvalue weighted by atomic mass is 10.1. The highest BCUT2D eigenvalue weighted by molar-refractivity contribution is 5.96. The molecule has 0 aliphatic carbocycles. The minimum atomic E-state index is -0.955. The van der Waals surface area contributed by atoms with E-state index in [2.05, 4.69) is 15.6 Å². The van der Waals surface area contributed by atoms with E-state index in [0.717, 1.165) is 11.3 Å². The number of rotatable bonds is 7. The fourth-order valence-corrected chi connectivity index (χ4v) is 2.58. The van der Waals surface area contributed by atoms with Crippen molar-refractivity contribution in [2.75, 3.05) is 11.9 Å². The minimum absolute atomic E-state index is 0.00853. The van der Waals surface area contributed by atoms with Crippen LogP contribution >= 0.6 is 0 Å². The largest absolute Gasteiger partial charge is 0.494 e. The number of anilines is 1. The summed E-state index contributed by atoms with van der Waals surface area (Å²) in [5.74, 6) is -0.151. The molecule has 2 aromatic carbocycles. The number of carbonyl (C=O) groups is 1. The number of aromatic nitrogens is 2. The number of hydrogen-bond donors (Lipinski definition) is 1. The van der Waals surface area contributed by atoms with Gasteiger partial charge in [0, 0.05) is 5.56 Å². The zero-order valence-electron chi connectivity index (χ0n) is 15.7. The molecule has 1 N–H and O–H groups in total. The van der Waals surface area contributed by atoms with Gasteiger partial charge in [-0.2, -0.15) is 0 Å². The first kappa shape index (κ1) is 19.3. The SMILES string of the molecule is CCOc1ccc(-c2nonc2NC(=O)C(C)Oc2ccccc2F)cc1C. The molecule has 3 aromatic rings. The molecule has 0 bridgehead atoms. The molecule has 1 unspecified atom stereocenters. The van der Waals surface area contributed by atoms with Crippen LogP contribution in [0.4, 0.5) is 10.2 Å². The lowest BCUT2D eigenvalue weighted by Gasteiger charge is -2.14. The molecule has 28 heavy (non-hydrogen) atoms. The van der Waals surface area contributed by atoms with Gasteiger partial charge in [0.15, 0.2) is 23.4 Å². The number of ether oxygens (including phenoxy) is 2. The summed E-state index contributed by atoms with van der Waals surface area (Å²) >= 11 is 0. The maximum absolute atomic E-state index is 13.7. The Balaban J connectivity index is 1.74. The van der Waals surface area contributed by atoms with Gasteiger partial charge in [-0.1, -0.05) is 12.1 Å². The molecule has 0 fully saturated rings. The van der Waals surface area contributed by atoms with Crippen LogP contribution in [0.1, 0.15) is 19.4 Å². The lowest BCUT2D eigenvalue weighted by molar-refractivity contribution is -0.122. The van der Waals surface area contributed by atoms with E-state index < -0.39 is 17.8 Å². The van der Waals surface area contributed by atoms with Gasteiger partial charge in [0.2, 0.25) is 5.82 Å². The van der Waals surface area contributed by atoms with Gasteiger partial charge in [-0.15, -0.1) is 0 Å². The van der Waals surface area contributed by atoms with Crippen LogP contribution in [-0.2, 0) is 4.79 Å². The van der Waals surface area contributed by atoms with Gasteiger partial charge in [0.05, 0.1) is 6.61 Å². The number of para-hydroxylation sites is 1. The summed E-state index contributed by atoms with van der Waals surface area (Å²) in [6.45, 7) is 5.89. The molecule has 146 valence electrons. The van der Waals surface area contributed by atoms with E-state index in [9.17, 15) is 9.18 Å². The standard InChI is InChI=1S/C20H20FN3O4/c1-4-26-16-10-9-14(11-12(16)2)18-19(24-28-23-18)22-20(25)13(3)27-17-8-6-5-7-15(17)21/h5-11,13H,4H2,1-3H3,(H,22,24,25). The third kappa shape index (κ3) is 4.28. The van der Waals surface area contributed by atoms with Crippen LogP contribution < -0.4 is 14.8 Å². The van der Waals surface area contributed by atoms with E-state index in [1.165, 1.54) is 19.1 Å². The maximum Gasteiger partial charge on any atom is 0.266 e. The molecular formula is C20H20FN3O4. The van der Waals surface area contributed by atoms with Crippen molar-refractivity contribution < 1.29 is 23.3 Å². The first-order chi connectivity index (χ1) is 13.5. The van der Waals surface area contributed by atoms with Crippen LogP contribution in [0.5, 0.6) is 11.5 Å². The highest BCUT2D eigenvalue weighted by Crippen LogP contribution is 2.29. The maximum atomic E-state index is 13.7. The molecular weight excluding hydrogens is 365 g/mol. The van der Waals surface area contributed by atoms with Crippen molar-refractivity contribution in [3.63, 3.8) is 0 Å². The Bertz CT molecular complexity index is 974. The summed E-state index contributed by atoms with van der Waals surface area (Å²) in [6.07, 6.45) is -0.955. The van der Waals surface area contributed by atoms with Crippen molar-refractivity contribution in [3.8, 4) is 22.8 Å². The number of amides is 1. The molecule has 1 amide bonds. The van der Waals surface area contributed by atoms with Crippen molar-refractivity contribution in [1.82, 2.24) is 10.3 Å². The van der Waals surface area contributed by atoms with E-state index in [-0.39, 0.29) is 11.6 Å². The van der Waals surface area contributed by atoms with E-state index in [0.29, 0.717) is 17.9 Å². The average molecular weight is 385 g/mol. The molecule has 8 heteroatoms. The number of nitrogens with zero attached hydrogens (tertiary/aromatic N) is 2. The van der Waals surface area contributed by atoms with Crippen molar-refractivity contribution in [1.29, 1.82) is 0 Å². The third-order valence-electron chi connectivity index (χ3n) is 3.99. The smallest absolute Gasteiger partial charge is 0.266 e. The molecule has 3 rings (SSSR count). The summed E-state index contributed by atoms with van der Waals surface area (Å²) in [4.78, 5) is 12.4. The van der Waals surface area contributed by atoms with E-state index >= 15 is 0 Å². The number of benzene rings is 2. The first-order valence-electron chi connectivity index (χ1n) is 8.78. The fourth-order valence-electron chi connectivity index (χ4n) is 2.58. The molecule has 0 spiro atoms. The Morgan fingerprint density at radius 1 is 1.21 bits per heavy atom. The van der Waals surface area contributed by atoms with Crippen molar-refractivity contribution in [2.45, 2.75) is 26.9 Å². The molecule has 0 saturated carbocycles. The van der Waals surface area contributed by atoms with Gasteiger partial charge < -0.3 is 14.8 Å². The molecule has 0 aliphatic rings. The highest BCUT2D eigenvalue weighted by Gasteiger charge is 2.21. The Kier molecular flexibility index (Phi) is 5.88. The molecule has 0 saturated heterocycles. The molecule has 7 nitrogen and oxygen atoms in total. The van der Waals surface area contributed by atoms with Gasteiger partial charge in [-0.25, -0.2) is 9.02 Å². The van der Waals surface area contributed by atoms with E-state index in [4.69, 9.17) is 14.1 Å². The summed E-state index contributed by atoms with van der Waals surface area (Å²) in [7, 11) is 0. The number of hydrogen-bond acceptors (Lipinski definition) is 6. The van der Waals surface area contributed by atoms with Crippen LogP contribution in [0, 0.1) is 12.7 Å². The number of aryl methyl sites for hydroxylation is 1. The summed E-state index contributed by atoms with van der Waals surface area (Å²) in [5, 5.41) is 10.2. The van der Waals surface area contributed by atoms with Gasteiger partial charge in [-0.05, 0) is 67.0 Å². The third-order valence-corrected chi connectivity index (χ3v) is 3.99. The summed E-state index contributed by atoms with van der Waals surface area (Å²) in [6, 6.07) is 11.3. The fraction of sp³-hybridized carbons (Fsp3) is 0.250. The molecule has 0 aliphatic heterocycles. The predicted octanol–water partition coefficient (Wildman–Crippen LogP) is 3.99. The van der Waals surface area contributed by atoms with Crippen LogP contribution in [-0.4, -0.2) is 28.9 Å². The van der Waals surface area contributed by atoms with Gasteiger partial charge in [0.1, 0.15) is 5.75 Å². The quantitative estimate of drug-likeness (QED) is 0.662. The second-order valence-electron chi connectivity index (χ2n) is 6.05. The number of halogens is 1. The second-order valence-corrected chi connectivity index (χ2v) is 6.05. The highest BCUT2D eigenvalue weighted by atomic mass is 19.1. The summed E-state index contributed by atoms with van der Waals surface area (Å²) < 4.78 is 29.4. The predicted molar refractivity (Wildman–Crippen MR) is 101 cm³/mol. The van der Waals surface area contributed by atoms with Crippen molar-refractivity contribution in [3.05, 3.63) is 53.8 Å². The van der Waals surface area contributed by atoms with Gasteiger partial charge in [0.25, 0.3) is 5.91 Å². The zero-order chi connectivity index (χ0) is 20.1. The van der Waals surface area contributed by atoms with Crippen LogP contribution in [0.25, 0.3) is 11.3 Å². The molecule has 1 aromatic heterocycles. The monoisotopic (exact) mass is 385 g/mol. The van der Waals surface area contributed by atoms with Gasteiger partial charge >= 0.3 is 0 Å². The van der Waals surface area contributed by atoms with E-state index in [1.54, 1.807) is 18.2 Å². The zero-order valence-corrected chi connectivity index (χ0v) is 15.7. The van der Waals surface area contributed by atoms with Crippen LogP contribution in [0.3, 0.4) is 0 Å².